The fourth-order valence-corrected chi connectivity index (χ4v) is 5.56. The van der Waals surface area contributed by atoms with Crippen molar-refractivity contribution in [3.8, 4) is 5.69 Å². The lowest BCUT2D eigenvalue weighted by atomic mass is 9.90. The molecule has 1 aromatic heterocycles. The quantitative estimate of drug-likeness (QED) is 0.230. The molecule has 1 atom stereocenters. The van der Waals surface area contributed by atoms with Gasteiger partial charge in [0.2, 0.25) is 0 Å². The van der Waals surface area contributed by atoms with E-state index in [1.807, 2.05) is 0 Å². The van der Waals surface area contributed by atoms with Crippen molar-refractivity contribution in [3.05, 3.63) is 105 Å². The van der Waals surface area contributed by atoms with Crippen molar-refractivity contribution in [1.82, 2.24) is 15.1 Å². The van der Waals surface area contributed by atoms with Crippen LogP contribution < -0.4 is 15.5 Å². The monoisotopic (exact) mass is 641 g/mol. The van der Waals surface area contributed by atoms with Gasteiger partial charge < -0.3 is 10.6 Å². The molecule has 2 N–H and O–H groups in total. The molecule has 0 spiro atoms. The molecule has 7 nitrogen and oxygen atoms in total. The number of anilines is 2. The maximum atomic E-state index is 14.3. The van der Waals surface area contributed by atoms with Crippen LogP contribution in [0, 0.1) is 11.6 Å². The number of aromatic nitrogens is 2. The SMILES string of the molecule is O=C(Nc1cc(-n2cc(C(F)(F)F)cn2)c2c3c1C(c1cc(F)ccc1Cl)NC(=O)N3CC2)c1cc(F)cc(C(F)(F)F)c1. The van der Waals surface area contributed by atoms with Gasteiger partial charge >= 0.3 is 18.4 Å². The molecule has 228 valence electrons. The summed E-state index contributed by atoms with van der Waals surface area (Å²) in [5, 5.41) is 8.90. The van der Waals surface area contributed by atoms with Crippen molar-refractivity contribution in [2.24, 2.45) is 0 Å². The van der Waals surface area contributed by atoms with Gasteiger partial charge in [0.1, 0.15) is 11.6 Å². The van der Waals surface area contributed by atoms with Crippen molar-refractivity contribution >= 4 is 34.9 Å². The largest absolute Gasteiger partial charge is 0.419 e. The Balaban J connectivity index is 1.57. The second kappa shape index (κ2) is 10.2. The van der Waals surface area contributed by atoms with Gasteiger partial charge in [-0.3, -0.25) is 9.69 Å². The first-order valence-corrected chi connectivity index (χ1v) is 13.0. The van der Waals surface area contributed by atoms with Crippen LogP contribution in [0.1, 0.15) is 44.2 Å². The smallest absolute Gasteiger partial charge is 0.327 e. The minimum atomic E-state index is -4.98. The summed E-state index contributed by atoms with van der Waals surface area (Å²) in [4.78, 5) is 27.8. The van der Waals surface area contributed by atoms with E-state index < -0.39 is 58.7 Å². The summed E-state index contributed by atoms with van der Waals surface area (Å²) in [7, 11) is 0. The number of amides is 3. The zero-order chi connectivity index (χ0) is 31.7. The van der Waals surface area contributed by atoms with E-state index in [4.69, 9.17) is 11.6 Å². The Morgan fingerprint density at radius 2 is 1.70 bits per heavy atom. The van der Waals surface area contributed by atoms with Crippen LogP contribution in [-0.2, 0) is 18.8 Å². The fraction of sp³-hybridized carbons (Fsp3) is 0.179. The number of benzene rings is 3. The highest BCUT2D eigenvalue weighted by Gasteiger charge is 2.42. The topological polar surface area (TPSA) is 79.3 Å². The molecule has 1 unspecified atom stereocenters. The second-order valence-corrected chi connectivity index (χ2v) is 10.4. The predicted molar refractivity (Wildman–Crippen MR) is 141 cm³/mol. The number of urea groups is 1. The maximum Gasteiger partial charge on any atom is 0.419 e. The molecular formula is C28H16ClF8N5O2. The molecule has 0 bridgehead atoms. The minimum Gasteiger partial charge on any atom is -0.327 e. The van der Waals surface area contributed by atoms with Gasteiger partial charge in [-0.15, -0.1) is 0 Å². The lowest BCUT2D eigenvalue weighted by Gasteiger charge is -2.35. The van der Waals surface area contributed by atoms with Crippen LogP contribution >= 0.6 is 11.6 Å². The van der Waals surface area contributed by atoms with Crippen LogP contribution in [0.5, 0.6) is 0 Å². The summed E-state index contributed by atoms with van der Waals surface area (Å²) >= 11 is 6.35. The Kier molecular flexibility index (Phi) is 6.83. The molecule has 16 heteroatoms. The van der Waals surface area contributed by atoms with Gasteiger partial charge in [-0.1, -0.05) is 11.6 Å². The molecule has 0 aliphatic carbocycles. The Bertz CT molecular complexity index is 1850. The first kappa shape index (κ1) is 29.4. The lowest BCUT2D eigenvalue weighted by Crippen LogP contribution is -2.46. The first-order chi connectivity index (χ1) is 20.6. The number of alkyl halides is 6. The summed E-state index contributed by atoms with van der Waals surface area (Å²) in [5.74, 6) is -3.28. The molecule has 0 radical (unpaired) electrons. The molecule has 2 aliphatic rings. The molecule has 4 aromatic rings. The van der Waals surface area contributed by atoms with E-state index in [-0.39, 0.29) is 52.2 Å². The van der Waals surface area contributed by atoms with E-state index in [1.165, 1.54) is 17.0 Å². The molecule has 2 aliphatic heterocycles. The zero-order valence-electron chi connectivity index (χ0n) is 21.7. The van der Waals surface area contributed by atoms with Crippen molar-refractivity contribution in [3.63, 3.8) is 0 Å². The molecule has 0 saturated heterocycles. The van der Waals surface area contributed by atoms with E-state index >= 15 is 0 Å². The zero-order valence-corrected chi connectivity index (χ0v) is 22.5. The highest BCUT2D eigenvalue weighted by atomic mass is 35.5. The number of carbonyl (C=O) groups is 2. The molecule has 3 aromatic carbocycles. The number of hydrogen-bond acceptors (Lipinski definition) is 3. The normalized spacial score (nSPS) is 16.2. The van der Waals surface area contributed by atoms with E-state index in [0.29, 0.717) is 30.1 Å². The standard InChI is InChI=1S/C28H16ClF8N5O2/c29-19-2-1-15(30)8-18(19)23-22-20(39-25(43)12-5-13(27(32,33)34)7-16(31)6-12)9-21(42-11-14(10-38-42)28(35,36)37)17-3-4-41(24(17)22)26(44)40-23/h1-2,5-11,23H,3-4H2,(H,39,43)(H,40,44). The fourth-order valence-electron chi connectivity index (χ4n) is 5.33. The predicted octanol–water partition coefficient (Wildman–Crippen LogP) is 7.27. The number of rotatable bonds is 4. The van der Waals surface area contributed by atoms with Gasteiger partial charge in [0.05, 0.1) is 40.4 Å². The Labute approximate surface area is 247 Å². The van der Waals surface area contributed by atoms with Crippen molar-refractivity contribution in [2.45, 2.75) is 24.8 Å². The first-order valence-electron chi connectivity index (χ1n) is 12.7. The van der Waals surface area contributed by atoms with Crippen LogP contribution in [0.2, 0.25) is 5.02 Å². The Hall–Kier alpha value is -4.66. The molecule has 3 amide bonds. The van der Waals surface area contributed by atoms with Gasteiger partial charge in [0.15, 0.2) is 0 Å². The van der Waals surface area contributed by atoms with Gasteiger partial charge in [-0.25, -0.2) is 18.3 Å². The van der Waals surface area contributed by atoms with Gasteiger partial charge in [0.25, 0.3) is 5.91 Å². The highest BCUT2D eigenvalue weighted by Crippen LogP contribution is 2.49. The van der Waals surface area contributed by atoms with Gasteiger partial charge in [-0.2, -0.15) is 31.4 Å². The van der Waals surface area contributed by atoms with E-state index in [0.717, 1.165) is 16.8 Å². The van der Waals surface area contributed by atoms with Crippen LogP contribution in [0.4, 0.5) is 51.3 Å². The summed E-state index contributed by atoms with van der Waals surface area (Å²) < 4.78 is 110. The summed E-state index contributed by atoms with van der Waals surface area (Å²) in [6.45, 7) is 0.0639. The molecule has 0 saturated carbocycles. The van der Waals surface area contributed by atoms with E-state index in [2.05, 4.69) is 15.7 Å². The second-order valence-electron chi connectivity index (χ2n) is 9.99. The summed E-state index contributed by atoms with van der Waals surface area (Å²) in [5.41, 5.74) is -2.73. The van der Waals surface area contributed by atoms with Crippen molar-refractivity contribution in [2.75, 3.05) is 16.8 Å². The number of nitrogens with one attached hydrogen (secondary N) is 2. The highest BCUT2D eigenvalue weighted by molar-refractivity contribution is 6.31. The van der Waals surface area contributed by atoms with E-state index in [9.17, 15) is 44.7 Å². The average Bonchev–Trinajstić information content (AvgIpc) is 3.61. The summed E-state index contributed by atoms with van der Waals surface area (Å²) in [6, 6.07) is 3.88. The Morgan fingerprint density at radius 1 is 0.977 bits per heavy atom. The van der Waals surface area contributed by atoms with Crippen LogP contribution in [-0.4, -0.2) is 28.3 Å². The number of carbonyl (C=O) groups excluding carboxylic acids is 2. The molecule has 6 rings (SSSR count). The number of nitrogens with zero attached hydrogens (tertiary/aromatic N) is 3. The molecule has 0 fully saturated rings. The molecule has 44 heavy (non-hydrogen) atoms. The van der Waals surface area contributed by atoms with Gasteiger partial charge in [0, 0.05) is 40.0 Å². The third-order valence-corrected chi connectivity index (χ3v) is 7.58. The molecule has 3 heterocycles. The third kappa shape index (κ3) is 5.10. The third-order valence-electron chi connectivity index (χ3n) is 7.24. The van der Waals surface area contributed by atoms with Gasteiger partial charge in [-0.05, 0) is 48.9 Å². The molecular weight excluding hydrogens is 626 g/mol. The van der Waals surface area contributed by atoms with Crippen molar-refractivity contribution < 1.29 is 44.7 Å². The number of hydrogen-bond donors (Lipinski definition) is 2. The van der Waals surface area contributed by atoms with Crippen LogP contribution in [0.25, 0.3) is 5.69 Å². The minimum absolute atomic E-state index is 0.0140. The van der Waals surface area contributed by atoms with Crippen molar-refractivity contribution in [1.29, 1.82) is 0 Å². The Morgan fingerprint density at radius 3 is 2.39 bits per heavy atom. The summed E-state index contributed by atoms with van der Waals surface area (Å²) in [6.07, 6.45) is -8.32. The maximum absolute atomic E-state index is 14.3. The van der Waals surface area contributed by atoms with Crippen LogP contribution in [0.15, 0.2) is 54.9 Å². The average molecular weight is 642 g/mol. The van der Waals surface area contributed by atoms with Crippen LogP contribution in [0.3, 0.4) is 0 Å². The lowest BCUT2D eigenvalue weighted by molar-refractivity contribution is -0.138. The van der Waals surface area contributed by atoms with E-state index in [1.54, 1.807) is 0 Å². The number of halogens is 9.